The zero-order valence-electron chi connectivity index (χ0n) is 8.79. The Bertz CT molecular complexity index is 284. The lowest BCUT2D eigenvalue weighted by Gasteiger charge is -2.16. The van der Waals surface area contributed by atoms with E-state index in [4.69, 9.17) is 10.8 Å². The lowest BCUT2D eigenvalue weighted by atomic mass is 10.1. The van der Waals surface area contributed by atoms with E-state index in [1.807, 2.05) is 12.1 Å². The predicted octanol–water partition coefficient (Wildman–Crippen LogP) is 2.21. The average Bonchev–Trinajstić information content (AvgIpc) is 2.66. The molecule has 0 aliphatic rings. The van der Waals surface area contributed by atoms with Crippen molar-refractivity contribution in [2.45, 2.75) is 38.8 Å². The maximum absolute atomic E-state index is 5.37. The molecule has 2 nitrogen and oxygen atoms in total. The van der Waals surface area contributed by atoms with Crippen molar-refractivity contribution < 1.29 is 4.42 Å². The van der Waals surface area contributed by atoms with Gasteiger partial charge in [-0.25, -0.2) is 0 Å². The number of nitrogens with one attached hydrogen (secondary N) is 1. The Morgan fingerprint density at radius 2 is 2.43 bits per heavy atom. The van der Waals surface area contributed by atoms with Gasteiger partial charge < -0.3 is 9.73 Å². The molecule has 1 N–H and O–H groups in total. The van der Waals surface area contributed by atoms with Crippen LogP contribution in [0.25, 0.3) is 0 Å². The minimum absolute atomic E-state index is 0.167. The fourth-order valence-electron chi connectivity index (χ4n) is 1.42. The molecule has 0 spiro atoms. The molecule has 76 valence electrons. The topological polar surface area (TPSA) is 25.2 Å². The van der Waals surface area contributed by atoms with Gasteiger partial charge in [0, 0.05) is 12.5 Å². The van der Waals surface area contributed by atoms with Crippen LogP contribution >= 0.6 is 0 Å². The molecule has 1 heterocycles. The molecule has 0 fully saturated rings. The first-order valence-electron chi connectivity index (χ1n) is 5.00. The molecular formula is C12H17NO. The molecule has 1 aromatic heterocycles. The van der Waals surface area contributed by atoms with Gasteiger partial charge in [-0.2, -0.15) is 0 Å². The molecule has 2 atom stereocenters. The maximum Gasteiger partial charge on any atom is 0.105 e. The Morgan fingerprint density at radius 1 is 1.64 bits per heavy atom. The second kappa shape index (κ2) is 5.51. The summed E-state index contributed by atoms with van der Waals surface area (Å²) >= 11 is 0. The lowest BCUT2D eigenvalue weighted by molar-refractivity contribution is 0.438. The minimum Gasteiger partial charge on any atom is -0.469 e. The van der Waals surface area contributed by atoms with Crippen LogP contribution in [0.3, 0.4) is 0 Å². The summed E-state index contributed by atoms with van der Waals surface area (Å²) in [5.74, 6) is 3.72. The van der Waals surface area contributed by atoms with E-state index in [0.29, 0.717) is 6.04 Å². The van der Waals surface area contributed by atoms with Crippen LogP contribution in [0, 0.1) is 12.3 Å². The molecule has 0 radical (unpaired) electrons. The molecule has 1 aromatic rings. The van der Waals surface area contributed by atoms with E-state index in [0.717, 1.165) is 18.6 Å². The molecular weight excluding hydrogens is 174 g/mol. The highest BCUT2D eigenvalue weighted by Crippen LogP contribution is 2.04. The highest BCUT2D eigenvalue weighted by atomic mass is 16.3. The third-order valence-electron chi connectivity index (χ3n) is 2.18. The van der Waals surface area contributed by atoms with Crippen molar-refractivity contribution in [3.8, 4) is 12.3 Å². The van der Waals surface area contributed by atoms with Crippen LogP contribution in [-0.2, 0) is 6.42 Å². The quantitative estimate of drug-likeness (QED) is 0.722. The highest BCUT2D eigenvalue weighted by molar-refractivity contribution is 5.03. The Labute approximate surface area is 85.7 Å². The minimum atomic E-state index is 0.167. The van der Waals surface area contributed by atoms with Crippen LogP contribution in [0.1, 0.15) is 26.0 Å². The van der Waals surface area contributed by atoms with Crippen LogP contribution in [0.2, 0.25) is 0 Å². The van der Waals surface area contributed by atoms with E-state index in [2.05, 4.69) is 25.1 Å². The molecule has 0 saturated heterocycles. The van der Waals surface area contributed by atoms with Crippen molar-refractivity contribution >= 4 is 0 Å². The number of terminal acetylenes is 1. The van der Waals surface area contributed by atoms with Gasteiger partial charge in [-0.15, -0.1) is 6.42 Å². The van der Waals surface area contributed by atoms with Gasteiger partial charge in [0.1, 0.15) is 5.76 Å². The van der Waals surface area contributed by atoms with E-state index in [-0.39, 0.29) is 6.04 Å². The van der Waals surface area contributed by atoms with Gasteiger partial charge in [-0.3, -0.25) is 0 Å². The molecule has 2 heteroatoms. The molecule has 14 heavy (non-hydrogen) atoms. The third-order valence-corrected chi connectivity index (χ3v) is 2.18. The monoisotopic (exact) mass is 191 g/mol. The fourth-order valence-corrected chi connectivity index (χ4v) is 1.42. The van der Waals surface area contributed by atoms with Crippen LogP contribution in [-0.4, -0.2) is 12.1 Å². The van der Waals surface area contributed by atoms with Gasteiger partial charge in [0.2, 0.25) is 0 Å². The second-order valence-corrected chi connectivity index (χ2v) is 3.48. The molecule has 0 aliphatic heterocycles. The smallest absolute Gasteiger partial charge is 0.105 e. The number of hydrogen-bond donors (Lipinski definition) is 1. The third kappa shape index (κ3) is 3.27. The van der Waals surface area contributed by atoms with Crippen LogP contribution in [0.15, 0.2) is 22.8 Å². The van der Waals surface area contributed by atoms with Gasteiger partial charge in [0.25, 0.3) is 0 Å². The van der Waals surface area contributed by atoms with E-state index < -0.39 is 0 Å². The summed E-state index contributed by atoms with van der Waals surface area (Å²) in [5.41, 5.74) is 0. The lowest BCUT2D eigenvalue weighted by Crippen LogP contribution is -2.36. The largest absolute Gasteiger partial charge is 0.469 e. The summed E-state index contributed by atoms with van der Waals surface area (Å²) in [6.45, 7) is 4.19. The van der Waals surface area contributed by atoms with Gasteiger partial charge in [-0.05, 0) is 25.5 Å². The van der Waals surface area contributed by atoms with Crippen LogP contribution in [0.4, 0.5) is 0 Å². The average molecular weight is 191 g/mol. The van der Waals surface area contributed by atoms with Gasteiger partial charge in [0.15, 0.2) is 0 Å². The highest BCUT2D eigenvalue weighted by Gasteiger charge is 2.09. The zero-order valence-corrected chi connectivity index (χ0v) is 8.79. The molecule has 2 unspecified atom stereocenters. The summed E-state index contributed by atoms with van der Waals surface area (Å²) in [5, 5.41) is 3.36. The van der Waals surface area contributed by atoms with E-state index in [1.54, 1.807) is 6.26 Å². The molecule has 0 saturated carbocycles. The number of rotatable bonds is 5. The van der Waals surface area contributed by atoms with Crippen LogP contribution < -0.4 is 5.32 Å². The fraction of sp³-hybridized carbons (Fsp3) is 0.500. The molecule has 0 amide bonds. The van der Waals surface area contributed by atoms with Crippen molar-refractivity contribution in [1.29, 1.82) is 0 Å². The summed E-state index contributed by atoms with van der Waals surface area (Å²) in [7, 11) is 0. The Hall–Kier alpha value is -1.20. The van der Waals surface area contributed by atoms with Crippen molar-refractivity contribution in [3.05, 3.63) is 24.2 Å². The first-order valence-corrected chi connectivity index (χ1v) is 5.00. The summed E-state index contributed by atoms with van der Waals surface area (Å²) in [6, 6.07) is 4.40. The molecule has 0 aliphatic carbocycles. The number of furan rings is 1. The van der Waals surface area contributed by atoms with Crippen LogP contribution in [0.5, 0.6) is 0 Å². The summed E-state index contributed by atoms with van der Waals surface area (Å²) < 4.78 is 5.26. The maximum atomic E-state index is 5.37. The number of hydrogen-bond acceptors (Lipinski definition) is 2. The van der Waals surface area contributed by atoms with E-state index in [1.165, 1.54) is 0 Å². The first-order chi connectivity index (χ1) is 6.76. The first kappa shape index (κ1) is 10.9. The molecule has 1 rings (SSSR count). The van der Waals surface area contributed by atoms with Crippen molar-refractivity contribution in [1.82, 2.24) is 5.32 Å². The predicted molar refractivity (Wildman–Crippen MR) is 57.9 cm³/mol. The summed E-state index contributed by atoms with van der Waals surface area (Å²) in [6.07, 6.45) is 8.90. The molecule has 0 aromatic carbocycles. The molecule has 0 bridgehead atoms. The van der Waals surface area contributed by atoms with E-state index in [9.17, 15) is 0 Å². The van der Waals surface area contributed by atoms with Crippen molar-refractivity contribution in [2.24, 2.45) is 0 Å². The standard InChI is InChI=1S/C12H17NO/c1-4-11(5-2)13-10(3)9-12-7-6-8-14-12/h1,6-8,10-11,13H,5,9H2,2-3H3. The Kier molecular flexibility index (Phi) is 4.28. The van der Waals surface area contributed by atoms with E-state index >= 15 is 0 Å². The Morgan fingerprint density at radius 3 is 2.93 bits per heavy atom. The van der Waals surface area contributed by atoms with Gasteiger partial charge >= 0.3 is 0 Å². The van der Waals surface area contributed by atoms with Gasteiger partial charge in [0.05, 0.1) is 12.3 Å². The van der Waals surface area contributed by atoms with Crippen molar-refractivity contribution in [3.63, 3.8) is 0 Å². The summed E-state index contributed by atoms with van der Waals surface area (Å²) in [4.78, 5) is 0. The Balaban J connectivity index is 2.36. The SMILES string of the molecule is C#CC(CC)NC(C)Cc1ccco1. The normalized spacial score (nSPS) is 14.6. The van der Waals surface area contributed by atoms with Gasteiger partial charge in [-0.1, -0.05) is 12.8 Å². The second-order valence-electron chi connectivity index (χ2n) is 3.48. The zero-order chi connectivity index (χ0) is 10.4. The van der Waals surface area contributed by atoms with Crippen molar-refractivity contribution in [2.75, 3.05) is 0 Å².